The van der Waals surface area contributed by atoms with Gasteiger partial charge in [-0.3, -0.25) is 14.5 Å². The molecule has 30 heavy (non-hydrogen) atoms. The van der Waals surface area contributed by atoms with E-state index in [-0.39, 0.29) is 18.3 Å². The number of amides is 1. The third-order valence-corrected chi connectivity index (χ3v) is 6.25. The van der Waals surface area contributed by atoms with Crippen molar-refractivity contribution in [3.63, 3.8) is 0 Å². The molecule has 7 heteroatoms. The Kier molecular flexibility index (Phi) is 6.61. The second kappa shape index (κ2) is 9.38. The first-order valence-corrected chi connectivity index (χ1v) is 11.0. The number of rotatable bonds is 4. The average molecular weight is 447 g/mol. The standard InChI is InChI=1S/C23H24Cl2N2O3/c24-18-6-2-16(3-7-18)15-26-10-1-11-27(13-12-26)23(29)20-14-21(28)30-22(20)17-4-8-19(25)9-5-17/h2-9,20,22H,1,10-15H2/t20-,22+/m0/s1. The molecule has 4 rings (SSSR count). The van der Waals surface area contributed by atoms with Crippen LogP contribution in [0.4, 0.5) is 0 Å². The van der Waals surface area contributed by atoms with E-state index in [0.717, 1.165) is 36.6 Å². The number of ether oxygens (including phenoxy) is 1. The van der Waals surface area contributed by atoms with Crippen LogP contribution in [0, 0.1) is 5.92 Å². The molecule has 0 unspecified atom stereocenters. The van der Waals surface area contributed by atoms with Gasteiger partial charge < -0.3 is 9.64 Å². The van der Waals surface area contributed by atoms with Gasteiger partial charge in [0.05, 0.1) is 12.3 Å². The number of hydrogen-bond donors (Lipinski definition) is 0. The summed E-state index contributed by atoms with van der Waals surface area (Å²) < 4.78 is 5.50. The minimum atomic E-state index is -0.546. The van der Waals surface area contributed by atoms with Gasteiger partial charge in [0.25, 0.3) is 0 Å². The summed E-state index contributed by atoms with van der Waals surface area (Å²) in [6.07, 6.45) is 0.472. The molecule has 2 aliphatic rings. The zero-order valence-electron chi connectivity index (χ0n) is 16.6. The number of benzene rings is 2. The van der Waals surface area contributed by atoms with E-state index in [4.69, 9.17) is 27.9 Å². The summed E-state index contributed by atoms with van der Waals surface area (Å²) in [6, 6.07) is 15.0. The fourth-order valence-electron chi connectivity index (χ4n) is 4.16. The van der Waals surface area contributed by atoms with Crippen molar-refractivity contribution in [2.75, 3.05) is 26.2 Å². The molecule has 158 valence electrons. The normalized spacial score (nSPS) is 22.6. The van der Waals surface area contributed by atoms with Crippen LogP contribution < -0.4 is 0 Å². The zero-order valence-corrected chi connectivity index (χ0v) is 18.1. The molecule has 1 amide bonds. The van der Waals surface area contributed by atoms with Crippen LogP contribution in [0.3, 0.4) is 0 Å². The van der Waals surface area contributed by atoms with Gasteiger partial charge in [-0.2, -0.15) is 0 Å². The lowest BCUT2D eigenvalue weighted by Crippen LogP contribution is -2.39. The quantitative estimate of drug-likeness (QED) is 0.655. The summed E-state index contributed by atoms with van der Waals surface area (Å²) in [5.74, 6) is -0.817. The molecule has 2 heterocycles. The van der Waals surface area contributed by atoms with Gasteiger partial charge in [-0.05, 0) is 41.8 Å². The van der Waals surface area contributed by atoms with Gasteiger partial charge in [-0.15, -0.1) is 0 Å². The molecular formula is C23H24Cl2N2O3. The van der Waals surface area contributed by atoms with Gasteiger partial charge in [-0.1, -0.05) is 47.5 Å². The van der Waals surface area contributed by atoms with Gasteiger partial charge in [0, 0.05) is 42.8 Å². The average Bonchev–Trinajstić information content (AvgIpc) is 2.98. The van der Waals surface area contributed by atoms with Crippen molar-refractivity contribution in [1.29, 1.82) is 0 Å². The Labute approximate surface area is 186 Å². The lowest BCUT2D eigenvalue weighted by atomic mass is 9.93. The minimum Gasteiger partial charge on any atom is -0.457 e. The summed E-state index contributed by atoms with van der Waals surface area (Å²) in [7, 11) is 0. The Morgan fingerprint density at radius 3 is 2.30 bits per heavy atom. The Bertz CT molecular complexity index is 902. The monoisotopic (exact) mass is 446 g/mol. The Morgan fingerprint density at radius 1 is 0.933 bits per heavy atom. The molecule has 2 aliphatic heterocycles. The maximum absolute atomic E-state index is 13.3. The summed E-state index contributed by atoms with van der Waals surface area (Å²) >= 11 is 11.9. The highest BCUT2D eigenvalue weighted by Crippen LogP contribution is 2.37. The first kappa shape index (κ1) is 21.2. The zero-order chi connectivity index (χ0) is 21.1. The fourth-order valence-corrected chi connectivity index (χ4v) is 4.41. The summed E-state index contributed by atoms with van der Waals surface area (Å²) in [5.41, 5.74) is 2.01. The number of esters is 1. The smallest absolute Gasteiger partial charge is 0.307 e. The molecule has 2 fully saturated rings. The van der Waals surface area contributed by atoms with Crippen molar-refractivity contribution in [3.05, 3.63) is 69.7 Å². The van der Waals surface area contributed by atoms with Gasteiger partial charge >= 0.3 is 5.97 Å². The van der Waals surface area contributed by atoms with Crippen LogP contribution in [0.1, 0.15) is 30.1 Å². The van der Waals surface area contributed by atoms with Crippen LogP contribution in [0.15, 0.2) is 48.5 Å². The van der Waals surface area contributed by atoms with E-state index in [0.29, 0.717) is 18.1 Å². The van der Waals surface area contributed by atoms with Gasteiger partial charge in [0.1, 0.15) is 6.10 Å². The topological polar surface area (TPSA) is 49.9 Å². The highest BCUT2D eigenvalue weighted by molar-refractivity contribution is 6.30. The van der Waals surface area contributed by atoms with Crippen LogP contribution in [0.5, 0.6) is 0 Å². The molecule has 0 aliphatic carbocycles. The van der Waals surface area contributed by atoms with Crippen molar-refractivity contribution in [3.8, 4) is 0 Å². The van der Waals surface area contributed by atoms with E-state index in [2.05, 4.69) is 4.90 Å². The van der Waals surface area contributed by atoms with E-state index in [1.54, 1.807) is 12.1 Å². The summed E-state index contributed by atoms with van der Waals surface area (Å²) in [4.78, 5) is 29.5. The van der Waals surface area contributed by atoms with Crippen molar-refractivity contribution >= 4 is 35.1 Å². The first-order chi connectivity index (χ1) is 14.5. The number of halogens is 2. The molecule has 2 atom stereocenters. The van der Waals surface area contributed by atoms with Crippen LogP contribution in [-0.2, 0) is 20.9 Å². The fraction of sp³-hybridized carbons (Fsp3) is 0.391. The highest BCUT2D eigenvalue weighted by atomic mass is 35.5. The van der Waals surface area contributed by atoms with Gasteiger partial charge in [0.2, 0.25) is 5.91 Å². The van der Waals surface area contributed by atoms with Crippen LogP contribution >= 0.6 is 23.2 Å². The second-order valence-electron chi connectivity index (χ2n) is 7.85. The molecule has 0 bridgehead atoms. The van der Waals surface area contributed by atoms with Crippen molar-refractivity contribution < 1.29 is 14.3 Å². The SMILES string of the molecule is O=C1C[C@H](C(=O)N2CCCN(Cc3ccc(Cl)cc3)CC2)[C@@H](c2ccc(Cl)cc2)O1. The summed E-state index contributed by atoms with van der Waals surface area (Å²) in [6.45, 7) is 3.88. The first-order valence-electron chi connectivity index (χ1n) is 10.2. The molecule has 0 N–H and O–H groups in total. The molecule has 0 spiro atoms. The Morgan fingerprint density at radius 2 is 1.60 bits per heavy atom. The van der Waals surface area contributed by atoms with E-state index in [9.17, 15) is 9.59 Å². The number of nitrogens with zero attached hydrogens (tertiary/aromatic N) is 2. The van der Waals surface area contributed by atoms with E-state index >= 15 is 0 Å². The van der Waals surface area contributed by atoms with Crippen LogP contribution in [-0.4, -0.2) is 47.9 Å². The molecule has 0 radical (unpaired) electrons. The molecule has 2 saturated heterocycles. The van der Waals surface area contributed by atoms with Gasteiger partial charge in [-0.25, -0.2) is 0 Å². The Balaban J connectivity index is 1.40. The molecule has 0 aromatic heterocycles. The van der Waals surface area contributed by atoms with Gasteiger partial charge in [0.15, 0.2) is 0 Å². The van der Waals surface area contributed by atoms with Crippen molar-refractivity contribution in [1.82, 2.24) is 9.80 Å². The van der Waals surface area contributed by atoms with E-state index in [1.165, 1.54) is 5.56 Å². The van der Waals surface area contributed by atoms with E-state index < -0.39 is 12.0 Å². The molecular weight excluding hydrogens is 423 g/mol. The number of cyclic esters (lactones) is 1. The molecule has 5 nitrogen and oxygen atoms in total. The largest absolute Gasteiger partial charge is 0.457 e. The lowest BCUT2D eigenvalue weighted by Gasteiger charge is -2.26. The minimum absolute atomic E-state index is 0.00542. The van der Waals surface area contributed by atoms with E-state index in [1.807, 2.05) is 41.3 Å². The van der Waals surface area contributed by atoms with Crippen molar-refractivity contribution in [2.24, 2.45) is 5.92 Å². The third-order valence-electron chi connectivity index (χ3n) is 5.75. The maximum Gasteiger partial charge on any atom is 0.307 e. The highest BCUT2D eigenvalue weighted by Gasteiger charge is 2.42. The van der Waals surface area contributed by atoms with Crippen LogP contribution in [0.25, 0.3) is 0 Å². The lowest BCUT2D eigenvalue weighted by molar-refractivity contribution is -0.142. The molecule has 0 saturated carbocycles. The number of carbonyl (C=O) groups excluding carboxylic acids is 2. The number of carbonyl (C=O) groups is 2. The molecule has 2 aromatic carbocycles. The predicted octanol–water partition coefficient (Wildman–Crippen LogP) is 4.33. The summed E-state index contributed by atoms with van der Waals surface area (Å²) in [5, 5.41) is 1.34. The third kappa shape index (κ3) is 4.97. The second-order valence-corrected chi connectivity index (χ2v) is 8.73. The van der Waals surface area contributed by atoms with Crippen molar-refractivity contribution in [2.45, 2.75) is 25.5 Å². The maximum atomic E-state index is 13.3. The number of hydrogen-bond acceptors (Lipinski definition) is 4. The Hall–Kier alpha value is -2.08. The predicted molar refractivity (Wildman–Crippen MR) is 116 cm³/mol. The van der Waals surface area contributed by atoms with Crippen LogP contribution in [0.2, 0.25) is 10.0 Å². The molecule has 2 aromatic rings.